The van der Waals surface area contributed by atoms with Gasteiger partial charge in [-0.3, -0.25) is 0 Å². The van der Waals surface area contributed by atoms with E-state index in [1.165, 1.54) is 0 Å². The molecule has 0 aromatic rings. The summed E-state index contributed by atoms with van der Waals surface area (Å²) in [5, 5.41) is 0. The SMILES string of the molecule is [S-2].[S-2].[S-2].[Si+4].[Zn+2]. The molecule has 0 atom stereocenters. The molecule has 0 aliphatic carbocycles. The third-order valence-corrected chi connectivity index (χ3v) is 0. The van der Waals surface area contributed by atoms with Gasteiger partial charge in [-0.15, -0.1) is 0 Å². The van der Waals surface area contributed by atoms with Gasteiger partial charge in [0.05, 0.1) is 0 Å². The summed E-state index contributed by atoms with van der Waals surface area (Å²) in [5.74, 6) is 0. The first-order chi connectivity index (χ1) is 0. The van der Waals surface area contributed by atoms with Gasteiger partial charge in [0.1, 0.15) is 0 Å². The average Bonchev–Trinajstić information content (AvgIpc) is 0. The van der Waals surface area contributed by atoms with Crippen LogP contribution in [0.4, 0.5) is 0 Å². The molecule has 24 valence electrons. The topological polar surface area (TPSA) is 0 Å². The Kier molecular flexibility index (Phi) is 528. The van der Waals surface area contributed by atoms with Crippen LogP contribution >= 0.6 is 0 Å². The molecule has 0 unspecified atom stereocenters. The molecule has 0 aromatic carbocycles. The first-order valence-corrected chi connectivity index (χ1v) is 0. The summed E-state index contributed by atoms with van der Waals surface area (Å²) in [5.41, 5.74) is 0. The molecule has 5 heteroatoms. The van der Waals surface area contributed by atoms with Crippen molar-refractivity contribution in [2.45, 2.75) is 0 Å². The Morgan fingerprint density at radius 3 is 0.600 bits per heavy atom. The van der Waals surface area contributed by atoms with E-state index < -0.39 is 0 Å². The molecule has 0 aromatic heterocycles. The third-order valence-electron chi connectivity index (χ3n) is 0. The van der Waals surface area contributed by atoms with Crippen molar-refractivity contribution in [1.82, 2.24) is 0 Å². The van der Waals surface area contributed by atoms with Crippen LogP contribution in [-0.4, -0.2) is 11.0 Å². The molecule has 0 aliphatic rings. The zero-order chi connectivity index (χ0) is 0. The molecule has 0 nitrogen and oxygen atoms in total. The van der Waals surface area contributed by atoms with E-state index >= 15 is 0 Å². The second-order valence-corrected chi connectivity index (χ2v) is 0. The predicted molar refractivity (Wildman–Crippen MR) is 27.8 cm³/mol. The summed E-state index contributed by atoms with van der Waals surface area (Å²) in [6.45, 7) is 0. The minimum absolute atomic E-state index is 0. The van der Waals surface area contributed by atoms with Gasteiger partial charge in [-0.25, -0.2) is 0 Å². The van der Waals surface area contributed by atoms with Gasteiger partial charge in [0.25, 0.3) is 0 Å². The van der Waals surface area contributed by atoms with Gasteiger partial charge in [-0.05, 0) is 0 Å². The maximum absolute atomic E-state index is 0. The van der Waals surface area contributed by atoms with Gasteiger partial charge in [-0.2, -0.15) is 0 Å². The smallest absolute Gasteiger partial charge is 2.00 e. The molecule has 5 heavy (non-hydrogen) atoms. The van der Waals surface area contributed by atoms with Crippen LogP contribution < -0.4 is 0 Å². The fourth-order valence-corrected chi connectivity index (χ4v) is 0. The first-order valence-electron chi connectivity index (χ1n) is 0. The Labute approximate surface area is 70.6 Å². The van der Waals surface area contributed by atoms with Crippen molar-refractivity contribution >= 4 is 51.5 Å². The second-order valence-electron chi connectivity index (χ2n) is 0. The van der Waals surface area contributed by atoms with Crippen molar-refractivity contribution in [1.29, 1.82) is 0 Å². The van der Waals surface area contributed by atoms with E-state index in [2.05, 4.69) is 0 Å². The molecular formula is S3SiZn. The molecular weight excluding hydrogens is 190 g/mol. The number of hydrogen-bond acceptors (Lipinski definition) is 0. The summed E-state index contributed by atoms with van der Waals surface area (Å²) < 4.78 is 0. The van der Waals surface area contributed by atoms with Gasteiger partial charge >= 0.3 is 30.4 Å². The normalized spacial score (nSPS) is 0. The van der Waals surface area contributed by atoms with Gasteiger partial charge in [0.2, 0.25) is 0 Å². The molecule has 0 aliphatic heterocycles. The van der Waals surface area contributed by atoms with Crippen LogP contribution in [0, 0.1) is 0 Å². The fourth-order valence-electron chi connectivity index (χ4n) is 0. The molecule has 0 saturated carbocycles. The molecule has 0 radical (unpaired) electrons. The molecule has 0 fully saturated rings. The Morgan fingerprint density at radius 1 is 0.600 bits per heavy atom. The van der Waals surface area contributed by atoms with Crippen molar-refractivity contribution in [2.24, 2.45) is 0 Å². The quantitative estimate of drug-likeness (QED) is 0.456. The van der Waals surface area contributed by atoms with Crippen molar-refractivity contribution < 1.29 is 19.5 Å². The van der Waals surface area contributed by atoms with Crippen LogP contribution in [0.2, 0.25) is 0 Å². The molecule has 0 bridgehead atoms. The summed E-state index contributed by atoms with van der Waals surface area (Å²) in [6.07, 6.45) is 0. The average molecular weight is 190 g/mol. The van der Waals surface area contributed by atoms with Crippen LogP contribution in [0.3, 0.4) is 0 Å². The molecule has 0 rings (SSSR count). The van der Waals surface area contributed by atoms with Crippen LogP contribution in [0.1, 0.15) is 0 Å². The minimum atomic E-state index is 0. The van der Waals surface area contributed by atoms with E-state index in [9.17, 15) is 0 Å². The van der Waals surface area contributed by atoms with Crippen LogP contribution in [0.25, 0.3) is 0 Å². The molecule has 0 saturated heterocycles. The van der Waals surface area contributed by atoms with Crippen LogP contribution in [-0.2, 0) is 60.0 Å². The minimum Gasteiger partial charge on any atom is -2.00 e. The van der Waals surface area contributed by atoms with Gasteiger partial charge in [0, 0.05) is 0 Å². The van der Waals surface area contributed by atoms with Crippen molar-refractivity contribution in [3.63, 3.8) is 0 Å². The Balaban J connectivity index is 0. The van der Waals surface area contributed by atoms with Gasteiger partial charge in [-0.1, -0.05) is 0 Å². The standard InChI is InChI=1S/3S.Si.Zn/q3*-2;+4;+2. The molecule has 0 heterocycles. The van der Waals surface area contributed by atoms with E-state index in [1.54, 1.807) is 0 Å². The molecule has 0 N–H and O–H groups in total. The summed E-state index contributed by atoms with van der Waals surface area (Å²) >= 11 is 0. The first kappa shape index (κ1) is 66.9. The van der Waals surface area contributed by atoms with E-state index in [1.807, 2.05) is 0 Å². The maximum Gasteiger partial charge on any atom is 4.00 e. The predicted octanol–water partition coefficient (Wildman–Crippen LogP) is -0.391. The van der Waals surface area contributed by atoms with Crippen LogP contribution in [0.5, 0.6) is 0 Å². The zero-order valence-corrected chi connectivity index (χ0v) is 8.85. The zero-order valence-electron chi connectivity index (χ0n) is 2.43. The van der Waals surface area contributed by atoms with E-state index in [0.29, 0.717) is 0 Å². The van der Waals surface area contributed by atoms with E-state index in [0.717, 1.165) is 0 Å². The Hall–Kier alpha value is 1.89. The summed E-state index contributed by atoms with van der Waals surface area (Å²) in [7, 11) is 0. The largest absolute Gasteiger partial charge is 4.00 e. The maximum atomic E-state index is 0. The molecule has 0 spiro atoms. The second kappa shape index (κ2) is 39.4. The van der Waals surface area contributed by atoms with E-state index in [-0.39, 0.29) is 70.9 Å². The van der Waals surface area contributed by atoms with E-state index in [4.69, 9.17) is 0 Å². The van der Waals surface area contributed by atoms with Crippen molar-refractivity contribution in [3.05, 3.63) is 0 Å². The Morgan fingerprint density at radius 2 is 0.600 bits per heavy atom. The van der Waals surface area contributed by atoms with Gasteiger partial charge < -0.3 is 40.5 Å². The van der Waals surface area contributed by atoms with Crippen molar-refractivity contribution in [3.8, 4) is 0 Å². The third kappa shape index (κ3) is 24.9. The number of hydrogen-bond donors (Lipinski definition) is 0. The fraction of sp³-hybridized carbons (Fsp3) is 0. The molecule has 0 amide bonds. The van der Waals surface area contributed by atoms with Crippen molar-refractivity contribution in [2.75, 3.05) is 0 Å². The monoisotopic (exact) mass is 188 g/mol. The number of rotatable bonds is 0. The van der Waals surface area contributed by atoms with Gasteiger partial charge in [0.15, 0.2) is 0 Å². The van der Waals surface area contributed by atoms with Crippen LogP contribution in [0.15, 0.2) is 0 Å². The summed E-state index contributed by atoms with van der Waals surface area (Å²) in [6, 6.07) is 0. The Bertz CT molecular complexity index is 6.85. The summed E-state index contributed by atoms with van der Waals surface area (Å²) in [4.78, 5) is 0.